The molecule has 5 heteroatoms. The fraction of sp³-hybridized carbons (Fsp3) is 0.500. The highest BCUT2D eigenvalue weighted by molar-refractivity contribution is 5.94. The predicted molar refractivity (Wildman–Crippen MR) is 91.2 cm³/mol. The number of nitrogens with one attached hydrogen (secondary N) is 1. The van der Waals surface area contributed by atoms with Crippen molar-refractivity contribution in [3.8, 4) is 0 Å². The first kappa shape index (κ1) is 15.9. The van der Waals surface area contributed by atoms with Crippen LogP contribution in [0, 0.1) is 0 Å². The molecule has 1 saturated heterocycles. The number of esters is 1. The molecule has 124 valence electrons. The quantitative estimate of drug-likeness (QED) is 0.860. The summed E-state index contributed by atoms with van der Waals surface area (Å²) in [7, 11) is 0. The van der Waals surface area contributed by atoms with E-state index in [1.807, 2.05) is 0 Å². The fourth-order valence-electron chi connectivity index (χ4n) is 3.09. The van der Waals surface area contributed by atoms with Crippen molar-refractivity contribution < 1.29 is 13.9 Å². The van der Waals surface area contributed by atoms with Gasteiger partial charge in [-0.1, -0.05) is 13.3 Å². The van der Waals surface area contributed by atoms with Crippen molar-refractivity contribution in [2.75, 3.05) is 37.7 Å². The largest absolute Gasteiger partial charge is 0.460 e. The highest BCUT2D eigenvalue weighted by Crippen LogP contribution is 2.31. The number of rotatable bonds is 5. The van der Waals surface area contributed by atoms with Gasteiger partial charge in [0, 0.05) is 37.3 Å². The van der Waals surface area contributed by atoms with Gasteiger partial charge >= 0.3 is 5.97 Å². The number of ether oxygens (including phenoxy) is 1. The molecule has 1 aromatic heterocycles. The summed E-state index contributed by atoms with van der Waals surface area (Å²) in [6, 6.07) is 6.02. The van der Waals surface area contributed by atoms with Crippen molar-refractivity contribution in [1.29, 1.82) is 0 Å². The summed E-state index contributed by atoms with van der Waals surface area (Å²) in [5.41, 5.74) is 3.30. The van der Waals surface area contributed by atoms with E-state index in [9.17, 15) is 4.79 Å². The maximum atomic E-state index is 11.9. The summed E-state index contributed by atoms with van der Waals surface area (Å²) in [5, 5.41) is 4.34. The van der Waals surface area contributed by atoms with Gasteiger partial charge in [-0.15, -0.1) is 0 Å². The second kappa shape index (κ2) is 7.04. The summed E-state index contributed by atoms with van der Waals surface area (Å²) in [6.45, 7) is 8.34. The van der Waals surface area contributed by atoms with E-state index in [4.69, 9.17) is 9.15 Å². The van der Waals surface area contributed by atoms with Crippen LogP contribution in [-0.4, -0.2) is 38.8 Å². The summed E-state index contributed by atoms with van der Waals surface area (Å²) >= 11 is 0. The van der Waals surface area contributed by atoms with Gasteiger partial charge in [0.2, 0.25) is 5.76 Å². The molecule has 2 aromatic rings. The fourth-order valence-corrected chi connectivity index (χ4v) is 3.09. The minimum atomic E-state index is -0.399. The monoisotopic (exact) mass is 316 g/mol. The molecule has 1 aliphatic rings. The number of anilines is 1. The molecule has 0 radical (unpaired) electrons. The first-order valence-electron chi connectivity index (χ1n) is 8.42. The van der Waals surface area contributed by atoms with Crippen LogP contribution in [0.5, 0.6) is 0 Å². The number of benzene rings is 1. The van der Waals surface area contributed by atoms with E-state index in [2.05, 4.69) is 29.3 Å². The average molecular weight is 316 g/mol. The molecule has 5 nitrogen and oxygen atoms in total. The maximum Gasteiger partial charge on any atom is 0.374 e. The predicted octanol–water partition coefficient (Wildman–Crippen LogP) is 2.97. The van der Waals surface area contributed by atoms with E-state index >= 15 is 0 Å². The second-order valence-corrected chi connectivity index (χ2v) is 5.84. The normalized spacial score (nSPS) is 15.1. The smallest absolute Gasteiger partial charge is 0.374 e. The SMILES string of the molecule is CCCc1cc2oc(C(=O)OCC)cc2cc1N1CCNCC1. The van der Waals surface area contributed by atoms with Crippen LogP contribution >= 0.6 is 0 Å². The lowest BCUT2D eigenvalue weighted by Crippen LogP contribution is -2.43. The first-order valence-corrected chi connectivity index (χ1v) is 8.42. The lowest BCUT2D eigenvalue weighted by molar-refractivity contribution is 0.0492. The molecule has 2 heterocycles. The first-order chi connectivity index (χ1) is 11.2. The van der Waals surface area contributed by atoms with Crippen LogP contribution in [0.4, 0.5) is 5.69 Å². The Labute approximate surface area is 136 Å². The van der Waals surface area contributed by atoms with E-state index in [0.717, 1.165) is 50.0 Å². The molecule has 1 N–H and O–H groups in total. The number of piperazine rings is 1. The minimum absolute atomic E-state index is 0.279. The number of hydrogen-bond donors (Lipinski definition) is 1. The summed E-state index contributed by atoms with van der Waals surface area (Å²) in [6.07, 6.45) is 2.08. The Morgan fingerprint density at radius 3 is 2.74 bits per heavy atom. The standard InChI is InChI=1S/C18H24N2O3/c1-3-5-13-11-16-14(12-17(23-16)18(21)22-4-2)10-15(13)20-8-6-19-7-9-20/h10-12,19H,3-9H2,1-2H3. The van der Waals surface area contributed by atoms with Crippen LogP contribution in [0.1, 0.15) is 36.4 Å². The van der Waals surface area contributed by atoms with Crippen molar-refractivity contribution in [3.05, 3.63) is 29.5 Å². The topological polar surface area (TPSA) is 54.7 Å². The van der Waals surface area contributed by atoms with Crippen LogP contribution in [-0.2, 0) is 11.2 Å². The number of carbonyl (C=O) groups excluding carboxylic acids is 1. The second-order valence-electron chi connectivity index (χ2n) is 5.84. The van der Waals surface area contributed by atoms with Gasteiger partial charge < -0.3 is 19.4 Å². The molecule has 0 aliphatic carbocycles. The highest BCUT2D eigenvalue weighted by Gasteiger charge is 2.18. The van der Waals surface area contributed by atoms with Gasteiger partial charge in [0.1, 0.15) is 5.58 Å². The third-order valence-electron chi connectivity index (χ3n) is 4.17. The van der Waals surface area contributed by atoms with Gasteiger partial charge in [-0.3, -0.25) is 0 Å². The highest BCUT2D eigenvalue weighted by atomic mass is 16.5. The molecule has 1 aromatic carbocycles. The Morgan fingerprint density at radius 1 is 1.26 bits per heavy atom. The Balaban J connectivity index is 2.00. The van der Waals surface area contributed by atoms with Gasteiger partial charge in [-0.2, -0.15) is 0 Å². The van der Waals surface area contributed by atoms with Crippen molar-refractivity contribution in [2.24, 2.45) is 0 Å². The molecule has 0 amide bonds. The van der Waals surface area contributed by atoms with E-state index in [-0.39, 0.29) is 5.76 Å². The Kier molecular flexibility index (Phi) is 4.86. The van der Waals surface area contributed by atoms with Gasteiger partial charge in [-0.25, -0.2) is 4.79 Å². The number of fused-ring (bicyclic) bond motifs is 1. The summed E-state index contributed by atoms with van der Waals surface area (Å²) in [5.74, 6) is -0.119. The minimum Gasteiger partial charge on any atom is -0.460 e. The Morgan fingerprint density at radius 2 is 2.04 bits per heavy atom. The van der Waals surface area contributed by atoms with E-state index in [1.165, 1.54) is 11.3 Å². The zero-order valence-electron chi connectivity index (χ0n) is 13.9. The van der Waals surface area contributed by atoms with Crippen LogP contribution < -0.4 is 10.2 Å². The van der Waals surface area contributed by atoms with Crippen molar-refractivity contribution >= 4 is 22.6 Å². The lowest BCUT2D eigenvalue weighted by Gasteiger charge is -2.31. The van der Waals surface area contributed by atoms with Crippen molar-refractivity contribution in [2.45, 2.75) is 26.7 Å². The lowest BCUT2D eigenvalue weighted by atomic mass is 10.0. The van der Waals surface area contributed by atoms with Gasteiger partial charge in [0.15, 0.2) is 0 Å². The van der Waals surface area contributed by atoms with E-state index in [1.54, 1.807) is 13.0 Å². The molecule has 23 heavy (non-hydrogen) atoms. The van der Waals surface area contributed by atoms with Crippen LogP contribution in [0.15, 0.2) is 22.6 Å². The van der Waals surface area contributed by atoms with Crippen LogP contribution in [0.25, 0.3) is 11.0 Å². The number of furan rings is 1. The van der Waals surface area contributed by atoms with Gasteiger partial charge in [-0.05, 0) is 37.1 Å². The van der Waals surface area contributed by atoms with E-state index < -0.39 is 5.97 Å². The van der Waals surface area contributed by atoms with Crippen molar-refractivity contribution in [1.82, 2.24) is 5.32 Å². The van der Waals surface area contributed by atoms with Gasteiger partial charge in [0.25, 0.3) is 0 Å². The van der Waals surface area contributed by atoms with Crippen LogP contribution in [0.2, 0.25) is 0 Å². The zero-order valence-corrected chi connectivity index (χ0v) is 13.9. The molecular formula is C18H24N2O3. The molecule has 0 unspecified atom stereocenters. The molecule has 3 rings (SSSR count). The van der Waals surface area contributed by atoms with Gasteiger partial charge in [0.05, 0.1) is 6.61 Å². The maximum absolute atomic E-state index is 11.9. The molecule has 1 fully saturated rings. The average Bonchev–Trinajstić information content (AvgIpc) is 2.98. The summed E-state index contributed by atoms with van der Waals surface area (Å²) in [4.78, 5) is 14.3. The molecule has 0 saturated carbocycles. The molecule has 0 bridgehead atoms. The van der Waals surface area contributed by atoms with Crippen LogP contribution in [0.3, 0.4) is 0 Å². The third kappa shape index (κ3) is 3.34. The van der Waals surface area contributed by atoms with E-state index in [0.29, 0.717) is 6.61 Å². The zero-order chi connectivity index (χ0) is 16.2. The van der Waals surface area contributed by atoms with Crippen molar-refractivity contribution in [3.63, 3.8) is 0 Å². The molecule has 0 atom stereocenters. The molecule has 1 aliphatic heterocycles. The third-order valence-corrected chi connectivity index (χ3v) is 4.17. The molecular weight excluding hydrogens is 292 g/mol. The number of nitrogens with zero attached hydrogens (tertiary/aromatic N) is 1. The number of aryl methyl sites for hydroxylation is 1. The molecule has 0 spiro atoms. The Hall–Kier alpha value is -2.01. The number of carbonyl (C=O) groups is 1. The summed E-state index contributed by atoms with van der Waals surface area (Å²) < 4.78 is 10.7. The number of hydrogen-bond acceptors (Lipinski definition) is 5. The Bertz CT molecular complexity index is 687.